The zero-order valence-electron chi connectivity index (χ0n) is 14.1. The molecule has 0 saturated heterocycles. The van der Waals surface area contributed by atoms with Crippen LogP contribution in [0.5, 0.6) is 0 Å². The second-order valence-electron chi connectivity index (χ2n) is 5.75. The fourth-order valence-electron chi connectivity index (χ4n) is 2.74. The van der Waals surface area contributed by atoms with E-state index in [2.05, 4.69) is 0 Å². The van der Waals surface area contributed by atoms with E-state index in [1.54, 1.807) is 0 Å². The quantitative estimate of drug-likeness (QED) is 0.605. The molecule has 0 fully saturated rings. The molecule has 2 N–H and O–H groups in total. The van der Waals surface area contributed by atoms with Gasteiger partial charge in [-0.05, 0) is 29.8 Å². The molecule has 0 aromatic heterocycles. The molecule has 0 radical (unpaired) electrons. The second-order valence-corrected chi connectivity index (χ2v) is 7.58. The zero-order chi connectivity index (χ0) is 19.8. The van der Waals surface area contributed by atoms with Crippen LogP contribution >= 0.6 is 0 Å². The smallest absolute Gasteiger partial charge is 0.288 e. The molecule has 0 bridgehead atoms. The number of rotatable bonds is 3. The van der Waals surface area contributed by atoms with Crippen LogP contribution in [0.3, 0.4) is 0 Å². The molecular weight excluding hydrogens is 374 g/mol. The van der Waals surface area contributed by atoms with Gasteiger partial charge in [-0.15, -0.1) is 0 Å². The van der Waals surface area contributed by atoms with Gasteiger partial charge >= 0.3 is 6.03 Å². The lowest BCUT2D eigenvalue weighted by atomic mass is 10.1. The van der Waals surface area contributed by atoms with Crippen LogP contribution in [-0.2, 0) is 21.4 Å². The molecule has 140 valence electrons. The van der Waals surface area contributed by atoms with Gasteiger partial charge in [0.2, 0.25) is 5.91 Å². The summed E-state index contributed by atoms with van der Waals surface area (Å²) in [4.78, 5) is 36.7. The summed E-state index contributed by atoms with van der Waals surface area (Å²) >= 11 is 0. The Morgan fingerprint density at radius 1 is 1.07 bits per heavy atom. The van der Waals surface area contributed by atoms with Gasteiger partial charge in [0.1, 0.15) is 4.90 Å². The highest BCUT2D eigenvalue weighted by Crippen LogP contribution is 2.35. The number of carbonyl (C=O) groups is 3. The van der Waals surface area contributed by atoms with E-state index in [9.17, 15) is 22.8 Å². The third-order valence-electron chi connectivity index (χ3n) is 4.04. The van der Waals surface area contributed by atoms with Gasteiger partial charge in [-0.1, -0.05) is 24.3 Å². The molecule has 3 rings (SSSR count). The third-order valence-corrected chi connectivity index (χ3v) is 5.80. The first-order valence-electron chi connectivity index (χ1n) is 7.77. The van der Waals surface area contributed by atoms with Crippen LogP contribution in [0, 0.1) is 0 Å². The standard InChI is InChI=1S/C17H15N3O6S/c1-11(21)20-14-4-2-3-5-15(14)27(25,26)19(17(20)23)10-12-6-8-13(9-7-12)16(22)18-24/h2-9,24H,10H2,1H3,(H,18,22). The number of sulfonamides is 1. The Morgan fingerprint density at radius 2 is 1.70 bits per heavy atom. The van der Waals surface area contributed by atoms with Gasteiger partial charge in [0.25, 0.3) is 15.9 Å². The van der Waals surface area contributed by atoms with Gasteiger partial charge in [-0.3, -0.25) is 14.8 Å². The molecule has 1 heterocycles. The number of hydrogen-bond acceptors (Lipinski definition) is 6. The van der Waals surface area contributed by atoms with E-state index in [0.717, 1.165) is 4.90 Å². The number of benzene rings is 2. The lowest BCUT2D eigenvalue weighted by molar-refractivity contribution is -0.116. The van der Waals surface area contributed by atoms with Crippen molar-refractivity contribution in [1.29, 1.82) is 0 Å². The number of amides is 4. The third kappa shape index (κ3) is 3.15. The highest BCUT2D eigenvalue weighted by atomic mass is 32.2. The predicted molar refractivity (Wildman–Crippen MR) is 93.4 cm³/mol. The van der Waals surface area contributed by atoms with Crippen molar-refractivity contribution >= 4 is 33.6 Å². The Balaban J connectivity index is 2.01. The van der Waals surface area contributed by atoms with E-state index in [-0.39, 0.29) is 22.7 Å². The van der Waals surface area contributed by atoms with E-state index >= 15 is 0 Å². The van der Waals surface area contributed by atoms with Gasteiger partial charge in [-0.2, -0.15) is 0 Å². The highest BCUT2D eigenvalue weighted by molar-refractivity contribution is 7.90. The Kier molecular flexibility index (Phi) is 4.68. The van der Waals surface area contributed by atoms with Gasteiger partial charge in [0.05, 0.1) is 12.2 Å². The number of carbonyl (C=O) groups excluding carboxylic acids is 3. The average molecular weight is 389 g/mol. The van der Waals surface area contributed by atoms with Gasteiger partial charge < -0.3 is 0 Å². The number of hydroxylamine groups is 1. The number of fused-ring (bicyclic) bond motifs is 1. The maximum atomic E-state index is 12.9. The van der Waals surface area contributed by atoms with E-state index in [1.807, 2.05) is 0 Å². The second kappa shape index (κ2) is 6.82. The summed E-state index contributed by atoms with van der Waals surface area (Å²) in [7, 11) is -4.16. The van der Waals surface area contributed by atoms with Crippen LogP contribution in [0.15, 0.2) is 53.4 Å². The zero-order valence-corrected chi connectivity index (χ0v) is 14.9. The first kappa shape index (κ1) is 18.5. The summed E-state index contributed by atoms with van der Waals surface area (Å²) in [5.41, 5.74) is 2.08. The molecule has 0 unspecified atom stereocenters. The lowest BCUT2D eigenvalue weighted by Crippen LogP contribution is -2.52. The first-order chi connectivity index (χ1) is 12.8. The molecule has 27 heavy (non-hydrogen) atoms. The number of hydrogen-bond donors (Lipinski definition) is 2. The number of urea groups is 1. The number of imide groups is 1. The minimum absolute atomic E-state index is 0.0150. The van der Waals surface area contributed by atoms with E-state index in [0.29, 0.717) is 9.87 Å². The molecule has 10 heteroatoms. The monoisotopic (exact) mass is 389 g/mol. The number of nitrogens with one attached hydrogen (secondary N) is 1. The molecule has 1 aliphatic heterocycles. The van der Waals surface area contributed by atoms with Gasteiger partial charge in [0.15, 0.2) is 0 Å². The number of nitrogens with zero attached hydrogens (tertiary/aromatic N) is 2. The van der Waals surface area contributed by atoms with E-state index in [4.69, 9.17) is 5.21 Å². The van der Waals surface area contributed by atoms with Crippen molar-refractivity contribution in [1.82, 2.24) is 9.79 Å². The molecule has 9 nitrogen and oxygen atoms in total. The highest BCUT2D eigenvalue weighted by Gasteiger charge is 2.42. The van der Waals surface area contributed by atoms with Crippen molar-refractivity contribution < 1.29 is 28.0 Å². The van der Waals surface area contributed by atoms with Crippen molar-refractivity contribution in [2.24, 2.45) is 0 Å². The van der Waals surface area contributed by atoms with Gasteiger partial charge in [0, 0.05) is 12.5 Å². The van der Waals surface area contributed by atoms with Crippen LogP contribution < -0.4 is 10.4 Å². The van der Waals surface area contributed by atoms with Crippen LogP contribution in [0.4, 0.5) is 10.5 Å². The molecule has 4 amide bonds. The van der Waals surface area contributed by atoms with Crippen LogP contribution in [0.25, 0.3) is 0 Å². The summed E-state index contributed by atoms with van der Waals surface area (Å²) in [6.45, 7) is 0.855. The maximum Gasteiger partial charge on any atom is 0.345 e. The van der Waals surface area contributed by atoms with Crippen molar-refractivity contribution in [3.63, 3.8) is 0 Å². The lowest BCUT2D eigenvalue weighted by Gasteiger charge is -2.34. The fraction of sp³-hybridized carbons (Fsp3) is 0.118. The minimum atomic E-state index is -4.16. The van der Waals surface area contributed by atoms with Crippen molar-refractivity contribution in [2.45, 2.75) is 18.4 Å². The van der Waals surface area contributed by atoms with Crippen LogP contribution in [0.2, 0.25) is 0 Å². The largest absolute Gasteiger partial charge is 0.345 e. The first-order valence-corrected chi connectivity index (χ1v) is 9.21. The molecule has 2 aromatic carbocycles. The number of anilines is 1. The molecule has 0 atom stereocenters. The molecule has 0 saturated carbocycles. The van der Waals surface area contributed by atoms with Crippen LogP contribution in [0.1, 0.15) is 22.8 Å². The molecule has 0 spiro atoms. The fourth-order valence-corrected chi connectivity index (χ4v) is 4.26. The maximum absolute atomic E-state index is 12.9. The normalized spacial score (nSPS) is 15.3. The van der Waals surface area contributed by atoms with Crippen molar-refractivity contribution in [3.8, 4) is 0 Å². The summed E-state index contributed by atoms with van der Waals surface area (Å²) in [6, 6.07) is 10.4. The van der Waals surface area contributed by atoms with Gasteiger partial charge in [-0.25, -0.2) is 27.9 Å². The van der Waals surface area contributed by atoms with Crippen LogP contribution in [-0.4, -0.2) is 35.8 Å². The van der Waals surface area contributed by atoms with Crippen molar-refractivity contribution in [3.05, 3.63) is 59.7 Å². The summed E-state index contributed by atoms with van der Waals surface area (Å²) in [5.74, 6) is -1.33. The molecule has 1 aliphatic rings. The van der Waals surface area contributed by atoms with Crippen molar-refractivity contribution in [2.75, 3.05) is 4.90 Å². The Labute approximate surface area is 154 Å². The minimum Gasteiger partial charge on any atom is -0.288 e. The Morgan fingerprint density at radius 3 is 2.30 bits per heavy atom. The molecule has 2 aromatic rings. The topological polar surface area (TPSA) is 124 Å². The SMILES string of the molecule is CC(=O)N1C(=O)N(Cc2ccc(C(=O)NO)cc2)S(=O)(=O)c2ccccc21. The molecular formula is C17H15N3O6S. The van der Waals surface area contributed by atoms with E-state index in [1.165, 1.54) is 60.9 Å². The summed E-state index contributed by atoms with van der Waals surface area (Å²) < 4.78 is 26.4. The van der Waals surface area contributed by atoms with E-state index < -0.39 is 27.9 Å². The predicted octanol–water partition coefficient (Wildman–Crippen LogP) is 1.48. The summed E-state index contributed by atoms with van der Waals surface area (Å²) in [5, 5.41) is 8.63. The Hall–Kier alpha value is -3.24. The summed E-state index contributed by atoms with van der Waals surface area (Å²) in [6.07, 6.45) is 0. The number of para-hydroxylation sites is 1. The molecule has 0 aliphatic carbocycles. The Bertz CT molecular complexity index is 1030. The average Bonchev–Trinajstić information content (AvgIpc) is 2.65.